The van der Waals surface area contributed by atoms with Crippen molar-refractivity contribution in [1.82, 2.24) is 0 Å². The summed E-state index contributed by atoms with van der Waals surface area (Å²) in [6, 6.07) is 17.1. The van der Waals surface area contributed by atoms with Gasteiger partial charge in [-0.05, 0) is 25.0 Å². The highest BCUT2D eigenvalue weighted by Gasteiger charge is 1.88. The molecular formula is C24H40. The van der Waals surface area contributed by atoms with Gasteiger partial charge in [-0.15, -0.1) is 0 Å². The Morgan fingerprint density at radius 3 is 0.833 bits per heavy atom. The Labute approximate surface area is 152 Å². The second kappa shape index (κ2) is 21.2. The minimum atomic E-state index is 1.24. The quantitative estimate of drug-likeness (QED) is 0.484. The van der Waals surface area contributed by atoms with Gasteiger partial charge in [0.1, 0.15) is 0 Å². The van der Waals surface area contributed by atoms with Gasteiger partial charge in [0, 0.05) is 0 Å². The van der Waals surface area contributed by atoms with Crippen molar-refractivity contribution in [3.05, 3.63) is 70.8 Å². The maximum Gasteiger partial charge on any atom is -0.0256 e. The Hall–Kier alpha value is -1.82. The van der Waals surface area contributed by atoms with Crippen LogP contribution in [0.4, 0.5) is 0 Å². The van der Waals surface area contributed by atoms with Gasteiger partial charge >= 0.3 is 0 Å². The molecule has 0 aliphatic carbocycles. The molecule has 24 heavy (non-hydrogen) atoms. The first kappa shape index (κ1) is 27.0. The standard InChI is InChI=1S/C16H16.4C2H6/c1-13-3-7-15(8-4-13)11-12-16-9-5-14(2)6-10-16;4*1-2/h3-12H,1-2H3;4*1-2H3. The van der Waals surface area contributed by atoms with Crippen LogP contribution < -0.4 is 0 Å². The second-order valence-electron chi connectivity index (χ2n) is 4.15. The van der Waals surface area contributed by atoms with Crippen molar-refractivity contribution >= 4 is 12.2 Å². The highest BCUT2D eigenvalue weighted by Crippen LogP contribution is 2.10. The van der Waals surface area contributed by atoms with Crippen molar-refractivity contribution in [3.8, 4) is 0 Å². The molecule has 0 bridgehead atoms. The number of hydrogen-bond donors (Lipinski definition) is 0. The minimum absolute atomic E-state index is 1.24. The Balaban J connectivity index is -0.000000484. The van der Waals surface area contributed by atoms with E-state index >= 15 is 0 Å². The van der Waals surface area contributed by atoms with E-state index in [2.05, 4.69) is 74.5 Å². The van der Waals surface area contributed by atoms with E-state index in [4.69, 9.17) is 0 Å². The Bertz CT molecular complexity index is 425. The lowest BCUT2D eigenvalue weighted by molar-refractivity contribution is 1.46. The largest absolute Gasteiger partial charge is 0.0683 e. The average molecular weight is 329 g/mol. The fourth-order valence-electron chi connectivity index (χ4n) is 1.55. The number of hydrogen-bond acceptors (Lipinski definition) is 0. The highest BCUT2D eigenvalue weighted by atomic mass is 13.9. The van der Waals surface area contributed by atoms with E-state index in [0.717, 1.165) is 0 Å². The topological polar surface area (TPSA) is 0 Å². The minimum Gasteiger partial charge on any atom is -0.0683 e. The smallest absolute Gasteiger partial charge is 0.0256 e. The van der Waals surface area contributed by atoms with Gasteiger partial charge in [-0.3, -0.25) is 0 Å². The maximum absolute atomic E-state index is 2.14. The van der Waals surface area contributed by atoms with Gasteiger partial charge in [0.05, 0.1) is 0 Å². The number of aryl methyl sites for hydroxylation is 2. The van der Waals surface area contributed by atoms with Gasteiger partial charge in [-0.25, -0.2) is 0 Å². The van der Waals surface area contributed by atoms with E-state index in [1.54, 1.807) is 0 Å². The zero-order valence-corrected chi connectivity index (χ0v) is 17.8. The van der Waals surface area contributed by atoms with Crippen LogP contribution >= 0.6 is 0 Å². The summed E-state index contributed by atoms with van der Waals surface area (Å²) >= 11 is 0. The van der Waals surface area contributed by atoms with Crippen LogP contribution in [-0.4, -0.2) is 0 Å². The van der Waals surface area contributed by atoms with E-state index in [1.807, 2.05) is 55.4 Å². The summed E-state index contributed by atoms with van der Waals surface area (Å²) < 4.78 is 0. The van der Waals surface area contributed by atoms with E-state index < -0.39 is 0 Å². The Morgan fingerprint density at radius 2 is 0.625 bits per heavy atom. The summed E-state index contributed by atoms with van der Waals surface area (Å²) in [6.45, 7) is 20.2. The lowest BCUT2D eigenvalue weighted by atomic mass is 10.1. The molecule has 0 fully saturated rings. The first-order valence-electron chi connectivity index (χ1n) is 9.55. The summed E-state index contributed by atoms with van der Waals surface area (Å²) in [5.74, 6) is 0. The van der Waals surface area contributed by atoms with Gasteiger partial charge in [-0.2, -0.15) is 0 Å². The molecule has 0 aromatic heterocycles. The van der Waals surface area contributed by atoms with Gasteiger partial charge in [-0.1, -0.05) is 127 Å². The van der Waals surface area contributed by atoms with Crippen molar-refractivity contribution in [2.75, 3.05) is 0 Å². The Morgan fingerprint density at radius 1 is 0.417 bits per heavy atom. The van der Waals surface area contributed by atoms with Crippen LogP contribution in [0.15, 0.2) is 48.5 Å². The molecule has 0 amide bonds. The molecule has 0 atom stereocenters. The number of rotatable bonds is 2. The van der Waals surface area contributed by atoms with Crippen LogP contribution in [0.3, 0.4) is 0 Å². The molecule has 136 valence electrons. The van der Waals surface area contributed by atoms with Gasteiger partial charge in [0.2, 0.25) is 0 Å². The van der Waals surface area contributed by atoms with Crippen molar-refractivity contribution in [2.24, 2.45) is 0 Å². The lowest BCUT2D eigenvalue weighted by Gasteiger charge is -1.96. The predicted octanol–water partition coefficient (Wildman–Crippen LogP) is 8.58. The van der Waals surface area contributed by atoms with Crippen LogP contribution in [0.25, 0.3) is 12.2 Å². The molecular weight excluding hydrogens is 288 g/mol. The summed E-state index contributed by atoms with van der Waals surface area (Å²) in [4.78, 5) is 0. The molecule has 0 radical (unpaired) electrons. The normalized spacial score (nSPS) is 8.25. The molecule has 0 heteroatoms. The van der Waals surface area contributed by atoms with E-state index in [9.17, 15) is 0 Å². The molecule has 0 aliphatic rings. The summed E-state index contributed by atoms with van der Waals surface area (Å²) in [5.41, 5.74) is 5.08. The molecule has 0 saturated heterocycles. The van der Waals surface area contributed by atoms with Crippen molar-refractivity contribution in [2.45, 2.75) is 69.2 Å². The van der Waals surface area contributed by atoms with Crippen LogP contribution in [0.5, 0.6) is 0 Å². The van der Waals surface area contributed by atoms with Crippen molar-refractivity contribution in [1.29, 1.82) is 0 Å². The summed E-state index contributed by atoms with van der Waals surface area (Å²) in [5, 5.41) is 0. The second-order valence-corrected chi connectivity index (χ2v) is 4.15. The number of benzene rings is 2. The molecule has 2 aromatic carbocycles. The van der Waals surface area contributed by atoms with E-state index in [1.165, 1.54) is 22.3 Å². The molecule has 0 aliphatic heterocycles. The monoisotopic (exact) mass is 328 g/mol. The molecule has 0 heterocycles. The van der Waals surface area contributed by atoms with Crippen LogP contribution in [0.1, 0.15) is 77.6 Å². The van der Waals surface area contributed by atoms with Gasteiger partial charge in [0.25, 0.3) is 0 Å². The molecule has 0 N–H and O–H groups in total. The zero-order valence-electron chi connectivity index (χ0n) is 17.8. The third-order valence-electron chi connectivity index (χ3n) is 2.62. The zero-order chi connectivity index (χ0) is 19.4. The summed E-state index contributed by atoms with van der Waals surface area (Å²) in [7, 11) is 0. The third-order valence-corrected chi connectivity index (χ3v) is 2.62. The lowest BCUT2D eigenvalue weighted by Crippen LogP contribution is -1.75. The average Bonchev–Trinajstić information content (AvgIpc) is 2.69. The van der Waals surface area contributed by atoms with Crippen molar-refractivity contribution in [3.63, 3.8) is 0 Å². The molecule has 0 spiro atoms. The van der Waals surface area contributed by atoms with Crippen LogP contribution in [-0.2, 0) is 0 Å². The Kier molecular flexibility index (Phi) is 23.9. The third kappa shape index (κ3) is 13.8. The molecule has 0 saturated carbocycles. The van der Waals surface area contributed by atoms with E-state index in [-0.39, 0.29) is 0 Å². The van der Waals surface area contributed by atoms with Gasteiger partial charge < -0.3 is 0 Å². The first-order chi connectivity index (χ1) is 11.7. The van der Waals surface area contributed by atoms with Crippen LogP contribution in [0, 0.1) is 13.8 Å². The predicted molar refractivity (Wildman–Crippen MR) is 117 cm³/mol. The van der Waals surface area contributed by atoms with Crippen LogP contribution in [0.2, 0.25) is 0 Å². The first-order valence-corrected chi connectivity index (χ1v) is 9.55. The van der Waals surface area contributed by atoms with Gasteiger partial charge in [0.15, 0.2) is 0 Å². The highest BCUT2D eigenvalue weighted by molar-refractivity contribution is 5.69. The van der Waals surface area contributed by atoms with Crippen molar-refractivity contribution < 1.29 is 0 Å². The SMILES string of the molecule is CC.CC.CC.CC.Cc1ccc(C=Cc2ccc(C)cc2)cc1. The molecule has 2 aromatic rings. The fraction of sp³-hybridized carbons (Fsp3) is 0.417. The fourth-order valence-corrected chi connectivity index (χ4v) is 1.55. The molecule has 0 unspecified atom stereocenters. The maximum atomic E-state index is 2.14. The van der Waals surface area contributed by atoms with E-state index in [0.29, 0.717) is 0 Å². The molecule has 0 nitrogen and oxygen atoms in total. The molecule has 2 rings (SSSR count). The summed E-state index contributed by atoms with van der Waals surface area (Å²) in [6.07, 6.45) is 4.29.